The van der Waals surface area contributed by atoms with Gasteiger partial charge in [0.05, 0.1) is 11.4 Å². The number of thioether (sulfide) groups is 1. The molecule has 0 atom stereocenters. The van der Waals surface area contributed by atoms with Crippen molar-refractivity contribution in [3.63, 3.8) is 0 Å². The molecule has 25 heavy (non-hydrogen) atoms. The summed E-state index contributed by atoms with van der Waals surface area (Å²) >= 11 is 1.32. The smallest absolute Gasteiger partial charge is 0.173 e. The van der Waals surface area contributed by atoms with Crippen LogP contribution in [0.25, 0.3) is 11.3 Å². The van der Waals surface area contributed by atoms with E-state index in [4.69, 9.17) is 0 Å². The molecule has 0 bridgehead atoms. The number of hydrogen-bond donors (Lipinski definition) is 0. The molecule has 0 spiro atoms. The summed E-state index contributed by atoms with van der Waals surface area (Å²) in [5.74, 6) is -0.172. The summed E-state index contributed by atoms with van der Waals surface area (Å²) in [6, 6.07) is 17.6. The first-order valence-electron chi connectivity index (χ1n) is 8.00. The second kappa shape index (κ2) is 8.03. The molecule has 126 valence electrons. The SMILES string of the molecule is CCc1ccc(-c2ccc(SCC(=O)c3ccc(F)cc3)nn2)cc1. The Morgan fingerprint density at radius 1 is 0.960 bits per heavy atom. The molecule has 2 aromatic carbocycles. The van der Waals surface area contributed by atoms with E-state index in [9.17, 15) is 9.18 Å². The Kier molecular flexibility index (Phi) is 5.56. The molecule has 3 aromatic rings. The van der Waals surface area contributed by atoms with Crippen molar-refractivity contribution in [3.05, 3.63) is 77.6 Å². The first-order valence-corrected chi connectivity index (χ1v) is 8.99. The van der Waals surface area contributed by atoms with Gasteiger partial charge in [0.1, 0.15) is 10.8 Å². The van der Waals surface area contributed by atoms with Gasteiger partial charge in [-0.1, -0.05) is 43.0 Å². The van der Waals surface area contributed by atoms with Gasteiger partial charge in [0.15, 0.2) is 5.78 Å². The van der Waals surface area contributed by atoms with Crippen LogP contribution in [0.1, 0.15) is 22.8 Å². The summed E-state index contributed by atoms with van der Waals surface area (Å²) in [7, 11) is 0. The molecule has 0 fully saturated rings. The lowest BCUT2D eigenvalue weighted by molar-refractivity contribution is 0.102. The Morgan fingerprint density at radius 3 is 2.28 bits per heavy atom. The number of halogens is 1. The van der Waals surface area contributed by atoms with E-state index in [0.29, 0.717) is 10.6 Å². The fourth-order valence-electron chi connectivity index (χ4n) is 2.32. The number of aromatic nitrogens is 2. The van der Waals surface area contributed by atoms with Crippen LogP contribution in [0.15, 0.2) is 65.7 Å². The third-order valence-corrected chi connectivity index (χ3v) is 4.74. The lowest BCUT2D eigenvalue weighted by Gasteiger charge is -2.04. The van der Waals surface area contributed by atoms with Crippen molar-refractivity contribution in [2.75, 3.05) is 5.75 Å². The molecule has 5 heteroatoms. The van der Waals surface area contributed by atoms with E-state index < -0.39 is 0 Å². The van der Waals surface area contributed by atoms with Gasteiger partial charge in [-0.25, -0.2) is 4.39 Å². The number of aryl methyl sites for hydroxylation is 1. The van der Waals surface area contributed by atoms with Gasteiger partial charge in [-0.15, -0.1) is 10.2 Å². The minimum Gasteiger partial charge on any atom is -0.293 e. The van der Waals surface area contributed by atoms with Crippen LogP contribution in [0.3, 0.4) is 0 Å². The first kappa shape index (κ1) is 17.3. The largest absolute Gasteiger partial charge is 0.293 e. The fourth-order valence-corrected chi connectivity index (χ4v) is 3.03. The summed E-state index contributed by atoms with van der Waals surface area (Å²) in [6.07, 6.45) is 1.00. The summed E-state index contributed by atoms with van der Waals surface area (Å²) in [5, 5.41) is 9.10. The van der Waals surface area contributed by atoms with Crippen molar-refractivity contribution in [3.8, 4) is 11.3 Å². The minimum atomic E-state index is -0.349. The highest BCUT2D eigenvalue weighted by Crippen LogP contribution is 2.21. The van der Waals surface area contributed by atoms with Crippen LogP contribution in [-0.4, -0.2) is 21.7 Å². The second-order valence-corrected chi connectivity index (χ2v) is 6.52. The van der Waals surface area contributed by atoms with Gasteiger partial charge in [-0.05, 0) is 48.4 Å². The molecule has 0 N–H and O–H groups in total. The molecule has 1 heterocycles. The van der Waals surface area contributed by atoms with E-state index in [1.54, 1.807) is 0 Å². The molecule has 1 aromatic heterocycles. The topological polar surface area (TPSA) is 42.9 Å². The van der Waals surface area contributed by atoms with Crippen LogP contribution >= 0.6 is 11.8 Å². The predicted octanol–water partition coefficient (Wildman–Crippen LogP) is 4.82. The number of benzene rings is 2. The number of nitrogens with zero attached hydrogens (tertiary/aromatic N) is 2. The van der Waals surface area contributed by atoms with Crippen molar-refractivity contribution in [2.45, 2.75) is 18.4 Å². The zero-order valence-corrected chi connectivity index (χ0v) is 14.6. The molecule has 0 aliphatic rings. The molecule has 0 saturated heterocycles. The monoisotopic (exact) mass is 352 g/mol. The number of rotatable bonds is 6. The molecule has 0 unspecified atom stereocenters. The van der Waals surface area contributed by atoms with Gasteiger partial charge in [0, 0.05) is 11.1 Å². The highest BCUT2D eigenvalue weighted by Gasteiger charge is 2.08. The van der Waals surface area contributed by atoms with E-state index in [-0.39, 0.29) is 17.4 Å². The highest BCUT2D eigenvalue weighted by molar-refractivity contribution is 7.99. The normalized spacial score (nSPS) is 10.6. The number of carbonyl (C=O) groups excluding carboxylic acids is 1. The van der Waals surface area contributed by atoms with Gasteiger partial charge in [-0.3, -0.25) is 4.79 Å². The summed E-state index contributed by atoms with van der Waals surface area (Å²) in [5.41, 5.74) is 3.60. The summed E-state index contributed by atoms with van der Waals surface area (Å²) in [6.45, 7) is 2.12. The van der Waals surface area contributed by atoms with Crippen LogP contribution in [0.4, 0.5) is 4.39 Å². The van der Waals surface area contributed by atoms with E-state index in [0.717, 1.165) is 17.7 Å². The summed E-state index contributed by atoms with van der Waals surface area (Å²) < 4.78 is 12.9. The average Bonchev–Trinajstić information content (AvgIpc) is 2.67. The molecule has 0 amide bonds. The zero-order chi connectivity index (χ0) is 17.6. The van der Waals surface area contributed by atoms with Crippen molar-refractivity contribution in [1.29, 1.82) is 0 Å². The second-order valence-electron chi connectivity index (χ2n) is 5.53. The maximum atomic E-state index is 12.9. The highest BCUT2D eigenvalue weighted by atomic mass is 32.2. The zero-order valence-electron chi connectivity index (χ0n) is 13.8. The van der Waals surface area contributed by atoms with Crippen LogP contribution in [-0.2, 0) is 6.42 Å². The standard InChI is InChI=1S/C20H17FN2OS/c1-2-14-3-5-15(6-4-14)18-11-12-20(23-22-18)25-13-19(24)16-7-9-17(21)10-8-16/h3-12H,2,13H2,1H3. The molecule has 0 aliphatic heterocycles. The van der Waals surface area contributed by atoms with Crippen LogP contribution < -0.4 is 0 Å². The Morgan fingerprint density at radius 2 is 1.68 bits per heavy atom. The minimum absolute atomic E-state index is 0.0639. The summed E-state index contributed by atoms with van der Waals surface area (Å²) in [4.78, 5) is 12.1. The molecule has 0 saturated carbocycles. The van der Waals surface area contributed by atoms with Gasteiger partial charge < -0.3 is 0 Å². The molecular weight excluding hydrogens is 335 g/mol. The van der Waals surface area contributed by atoms with Gasteiger partial charge in [0.2, 0.25) is 0 Å². The molecule has 3 rings (SSSR count). The van der Waals surface area contributed by atoms with Crippen LogP contribution in [0, 0.1) is 5.82 Å². The van der Waals surface area contributed by atoms with E-state index in [1.165, 1.54) is 41.6 Å². The number of ketones is 1. The molecule has 0 radical (unpaired) electrons. The predicted molar refractivity (Wildman–Crippen MR) is 98.3 cm³/mol. The fraction of sp³-hybridized carbons (Fsp3) is 0.150. The van der Waals surface area contributed by atoms with Gasteiger partial charge >= 0.3 is 0 Å². The lowest BCUT2D eigenvalue weighted by atomic mass is 10.1. The Labute approximate surface area is 150 Å². The maximum Gasteiger partial charge on any atom is 0.173 e. The maximum absolute atomic E-state index is 12.9. The van der Waals surface area contributed by atoms with Crippen LogP contribution in [0.2, 0.25) is 0 Å². The Balaban J connectivity index is 1.62. The Hall–Kier alpha value is -2.53. The third-order valence-electron chi connectivity index (χ3n) is 3.82. The van der Waals surface area contributed by atoms with E-state index >= 15 is 0 Å². The lowest BCUT2D eigenvalue weighted by Crippen LogP contribution is -2.02. The van der Waals surface area contributed by atoms with Crippen molar-refractivity contribution < 1.29 is 9.18 Å². The van der Waals surface area contributed by atoms with Crippen molar-refractivity contribution in [2.24, 2.45) is 0 Å². The number of Topliss-reactive ketones (excluding diaryl/α,β-unsaturated/α-hetero) is 1. The molecule has 3 nitrogen and oxygen atoms in total. The number of carbonyl (C=O) groups is 1. The van der Waals surface area contributed by atoms with E-state index in [1.807, 2.05) is 24.3 Å². The third kappa shape index (κ3) is 4.51. The van der Waals surface area contributed by atoms with Gasteiger partial charge in [-0.2, -0.15) is 0 Å². The van der Waals surface area contributed by atoms with E-state index in [2.05, 4.69) is 29.3 Å². The molecule has 0 aliphatic carbocycles. The Bertz CT molecular complexity index is 846. The quantitative estimate of drug-likeness (QED) is 0.471. The van der Waals surface area contributed by atoms with Crippen molar-refractivity contribution in [1.82, 2.24) is 10.2 Å². The molecular formula is C20H17FN2OS. The first-order chi connectivity index (χ1) is 12.2. The van der Waals surface area contributed by atoms with Crippen molar-refractivity contribution >= 4 is 17.5 Å². The van der Waals surface area contributed by atoms with Gasteiger partial charge in [0.25, 0.3) is 0 Å². The average molecular weight is 352 g/mol. The number of hydrogen-bond acceptors (Lipinski definition) is 4. The van der Waals surface area contributed by atoms with Crippen LogP contribution in [0.5, 0.6) is 0 Å².